The molecule has 3 rings (SSSR count). The first kappa shape index (κ1) is 20.8. The average Bonchev–Trinajstić information content (AvgIpc) is 3.10. The zero-order chi connectivity index (χ0) is 20.8. The number of nitrogens with zero attached hydrogens (tertiary/aromatic N) is 4. The summed E-state index contributed by atoms with van der Waals surface area (Å²) in [4.78, 5) is 26.4. The monoisotopic (exact) mass is 412 g/mol. The minimum Gasteiger partial charge on any atom is -0.326 e. The Kier molecular flexibility index (Phi) is 6.84. The summed E-state index contributed by atoms with van der Waals surface area (Å²) in [7, 11) is 3.85. The molecule has 0 unspecified atom stereocenters. The van der Waals surface area contributed by atoms with Crippen LogP contribution >= 0.6 is 11.8 Å². The summed E-state index contributed by atoms with van der Waals surface area (Å²) in [6.45, 7) is 2.59. The molecule has 3 aromatic rings. The van der Waals surface area contributed by atoms with E-state index in [1.165, 1.54) is 11.8 Å². The topological polar surface area (TPSA) is 91.6 Å². The molecule has 0 spiro atoms. The average molecular weight is 413 g/mol. The minimum atomic E-state index is -0.156. The number of aromatic nitrogens is 3. The summed E-state index contributed by atoms with van der Waals surface area (Å²) >= 11 is 1.31. The molecule has 2 N–H and O–H groups in total. The molecular formula is C20H24N6O2S. The Hall–Kier alpha value is -2.91. The molecule has 0 aliphatic heterocycles. The van der Waals surface area contributed by atoms with Crippen LogP contribution in [-0.4, -0.2) is 57.7 Å². The van der Waals surface area contributed by atoms with E-state index in [-0.39, 0.29) is 17.6 Å². The van der Waals surface area contributed by atoms with Crippen LogP contribution in [0.3, 0.4) is 0 Å². The molecule has 0 aliphatic rings. The van der Waals surface area contributed by atoms with Gasteiger partial charge in [0.15, 0.2) is 10.8 Å². The number of rotatable bonds is 8. The zero-order valence-corrected chi connectivity index (χ0v) is 17.5. The summed E-state index contributed by atoms with van der Waals surface area (Å²) in [5.41, 5.74) is 3.01. The number of carbonyl (C=O) groups is 2. The molecule has 2 amide bonds. The Bertz CT molecular complexity index is 1020. The van der Waals surface area contributed by atoms with Crippen molar-refractivity contribution in [2.24, 2.45) is 0 Å². The van der Waals surface area contributed by atoms with E-state index >= 15 is 0 Å². The highest BCUT2D eigenvalue weighted by Gasteiger charge is 2.11. The first-order valence-electron chi connectivity index (χ1n) is 9.20. The van der Waals surface area contributed by atoms with E-state index in [1.54, 1.807) is 6.07 Å². The number of pyridine rings is 1. The Morgan fingerprint density at radius 3 is 2.72 bits per heavy atom. The Labute approximate surface area is 173 Å². The number of anilines is 2. The molecule has 2 heterocycles. The number of hydrogen-bond donors (Lipinski definition) is 2. The van der Waals surface area contributed by atoms with Crippen LogP contribution in [0.15, 0.2) is 47.8 Å². The van der Waals surface area contributed by atoms with E-state index in [1.807, 2.05) is 66.8 Å². The van der Waals surface area contributed by atoms with Gasteiger partial charge in [0.1, 0.15) is 0 Å². The molecular weight excluding hydrogens is 388 g/mol. The molecule has 0 saturated carbocycles. The number of aryl methyl sites for hydroxylation is 1. The lowest BCUT2D eigenvalue weighted by Crippen LogP contribution is -2.21. The predicted molar refractivity (Wildman–Crippen MR) is 115 cm³/mol. The molecule has 152 valence electrons. The highest BCUT2D eigenvalue weighted by molar-refractivity contribution is 7.99. The zero-order valence-electron chi connectivity index (χ0n) is 16.7. The normalized spacial score (nSPS) is 11.0. The van der Waals surface area contributed by atoms with E-state index < -0.39 is 0 Å². The third-order valence-corrected chi connectivity index (χ3v) is 5.14. The molecule has 0 radical (unpaired) electrons. The number of thioether (sulfide) groups is 1. The van der Waals surface area contributed by atoms with E-state index in [0.717, 1.165) is 11.2 Å². The highest BCUT2D eigenvalue weighted by Crippen LogP contribution is 2.22. The highest BCUT2D eigenvalue weighted by atomic mass is 32.2. The van der Waals surface area contributed by atoms with E-state index in [0.29, 0.717) is 29.5 Å². The maximum absolute atomic E-state index is 12.4. The van der Waals surface area contributed by atoms with Gasteiger partial charge in [0, 0.05) is 30.5 Å². The van der Waals surface area contributed by atoms with Gasteiger partial charge in [-0.1, -0.05) is 23.9 Å². The standard InChI is InChI=1S/C20H24N6O2S/c1-14-7-8-15(12-16(14)22-18(27)9-11-25(2)3)21-19(28)13-29-20-24-23-17-6-4-5-10-26(17)20/h4-8,10,12H,9,11,13H2,1-3H3,(H,21,28)(H,22,27). The van der Waals surface area contributed by atoms with Crippen LogP contribution in [0.1, 0.15) is 12.0 Å². The van der Waals surface area contributed by atoms with E-state index in [2.05, 4.69) is 20.8 Å². The van der Waals surface area contributed by atoms with Gasteiger partial charge in [0.2, 0.25) is 11.8 Å². The maximum atomic E-state index is 12.4. The lowest BCUT2D eigenvalue weighted by atomic mass is 10.1. The van der Waals surface area contributed by atoms with Gasteiger partial charge in [-0.05, 0) is 50.8 Å². The van der Waals surface area contributed by atoms with Crippen molar-refractivity contribution < 1.29 is 9.59 Å². The predicted octanol–water partition coefficient (Wildman–Crippen LogP) is 2.66. The summed E-state index contributed by atoms with van der Waals surface area (Å²) in [5, 5.41) is 14.6. The fourth-order valence-electron chi connectivity index (χ4n) is 2.62. The van der Waals surface area contributed by atoms with Gasteiger partial charge in [-0.2, -0.15) is 0 Å². The molecule has 29 heavy (non-hydrogen) atoms. The van der Waals surface area contributed by atoms with Crippen LogP contribution in [-0.2, 0) is 9.59 Å². The van der Waals surface area contributed by atoms with Crippen LogP contribution in [0.2, 0.25) is 0 Å². The quantitative estimate of drug-likeness (QED) is 0.553. The summed E-state index contributed by atoms with van der Waals surface area (Å²) in [6.07, 6.45) is 2.27. The Morgan fingerprint density at radius 2 is 1.93 bits per heavy atom. The van der Waals surface area contributed by atoms with Crippen molar-refractivity contribution in [3.63, 3.8) is 0 Å². The van der Waals surface area contributed by atoms with Crippen molar-refractivity contribution in [3.8, 4) is 0 Å². The van der Waals surface area contributed by atoms with Crippen LogP contribution in [0, 0.1) is 6.92 Å². The van der Waals surface area contributed by atoms with Crippen molar-refractivity contribution in [2.75, 3.05) is 37.0 Å². The molecule has 0 fully saturated rings. The maximum Gasteiger partial charge on any atom is 0.234 e. The number of fused-ring (bicyclic) bond motifs is 1. The SMILES string of the molecule is Cc1ccc(NC(=O)CSc2nnc3ccccn23)cc1NC(=O)CCN(C)C. The lowest BCUT2D eigenvalue weighted by Gasteiger charge is -2.13. The van der Waals surface area contributed by atoms with Crippen LogP contribution in [0.5, 0.6) is 0 Å². The van der Waals surface area contributed by atoms with E-state index in [9.17, 15) is 9.59 Å². The number of nitrogens with one attached hydrogen (secondary N) is 2. The van der Waals surface area contributed by atoms with Crippen molar-refractivity contribution in [2.45, 2.75) is 18.5 Å². The van der Waals surface area contributed by atoms with Crippen molar-refractivity contribution in [3.05, 3.63) is 48.2 Å². The molecule has 9 heteroatoms. The van der Waals surface area contributed by atoms with Gasteiger partial charge >= 0.3 is 0 Å². The van der Waals surface area contributed by atoms with Gasteiger partial charge in [0.25, 0.3) is 0 Å². The molecule has 0 aliphatic carbocycles. The number of amides is 2. The third-order valence-electron chi connectivity index (χ3n) is 4.20. The second kappa shape index (κ2) is 9.53. The number of carbonyl (C=O) groups excluding carboxylic acids is 2. The number of benzene rings is 1. The fraction of sp³-hybridized carbons (Fsp3) is 0.300. The second-order valence-electron chi connectivity index (χ2n) is 6.88. The van der Waals surface area contributed by atoms with E-state index in [4.69, 9.17) is 0 Å². The van der Waals surface area contributed by atoms with Gasteiger partial charge < -0.3 is 15.5 Å². The smallest absolute Gasteiger partial charge is 0.234 e. The van der Waals surface area contributed by atoms with Crippen molar-refractivity contribution >= 4 is 40.6 Å². The van der Waals surface area contributed by atoms with Crippen LogP contribution in [0.4, 0.5) is 11.4 Å². The van der Waals surface area contributed by atoms with Crippen LogP contribution < -0.4 is 10.6 Å². The first-order valence-corrected chi connectivity index (χ1v) is 10.2. The third kappa shape index (κ3) is 5.78. The molecule has 0 bridgehead atoms. The lowest BCUT2D eigenvalue weighted by molar-refractivity contribution is -0.116. The molecule has 8 nitrogen and oxygen atoms in total. The molecule has 0 saturated heterocycles. The molecule has 0 atom stereocenters. The van der Waals surface area contributed by atoms with Gasteiger partial charge in [-0.15, -0.1) is 10.2 Å². The number of hydrogen-bond acceptors (Lipinski definition) is 6. The second-order valence-corrected chi connectivity index (χ2v) is 7.82. The molecule has 2 aromatic heterocycles. The Morgan fingerprint density at radius 1 is 1.10 bits per heavy atom. The first-order chi connectivity index (χ1) is 13.9. The fourth-order valence-corrected chi connectivity index (χ4v) is 3.34. The van der Waals surface area contributed by atoms with Gasteiger partial charge in [-0.25, -0.2) is 0 Å². The molecule has 1 aromatic carbocycles. The Balaban J connectivity index is 1.58. The van der Waals surface area contributed by atoms with Crippen LogP contribution in [0.25, 0.3) is 5.65 Å². The summed E-state index contributed by atoms with van der Waals surface area (Å²) in [6, 6.07) is 11.1. The summed E-state index contributed by atoms with van der Waals surface area (Å²) in [5.74, 6) is -0.00963. The van der Waals surface area contributed by atoms with Gasteiger partial charge in [0.05, 0.1) is 5.75 Å². The van der Waals surface area contributed by atoms with Crippen molar-refractivity contribution in [1.29, 1.82) is 0 Å². The largest absolute Gasteiger partial charge is 0.326 e. The van der Waals surface area contributed by atoms with Gasteiger partial charge in [-0.3, -0.25) is 14.0 Å². The van der Waals surface area contributed by atoms with Crippen molar-refractivity contribution in [1.82, 2.24) is 19.5 Å². The summed E-state index contributed by atoms with van der Waals surface area (Å²) < 4.78 is 1.84. The minimum absolute atomic E-state index is 0.0560.